The van der Waals surface area contributed by atoms with E-state index in [1.54, 1.807) is 0 Å². The highest BCUT2D eigenvalue weighted by Gasteiger charge is 2.24. The van der Waals surface area contributed by atoms with Gasteiger partial charge in [0.05, 0.1) is 0 Å². The zero-order valence-corrected chi connectivity index (χ0v) is 37.9. The van der Waals surface area contributed by atoms with Crippen molar-refractivity contribution in [1.29, 1.82) is 0 Å². The van der Waals surface area contributed by atoms with Crippen LogP contribution in [0.15, 0.2) is 243 Å². The molecule has 0 aliphatic carbocycles. The number of thiophene rings is 1. The normalized spacial score (nSPS) is 11.2. The molecular formula is C63H48N2S. The van der Waals surface area contributed by atoms with Gasteiger partial charge in [0.2, 0.25) is 0 Å². The maximum Gasteiger partial charge on any atom is 0.0468 e. The molecule has 3 heteroatoms. The first-order valence-corrected chi connectivity index (χ1v) is 23.5. The molecule has 11 rings (SSSR count). The van der Waals surface area contributed by atoms with Crippen molar-refractivity contribution in [2.24, 2.45) is 0 Å². The van der Waals surface area contributed by atoms with Crippen LogP contribution in [0.5, 0.6) is 0 Å². The molecular weight excluding hydrogens is 817 g/mol. The van der Waals surface area contributed by atoms with E-state index in [0.717, 1.165) is 23.5 Å². The van der Waals surface area contributed by atoms with Gasteiger partial charge in [-0.3, -0.25) is 0 Å². The number of aryl methyl sites for hydroxylation is 1. The Bertz CT molecular complexity index is 3430. The van der Waals surface area contributed by atoms with E-state index in [1.807, 2.05) is 11.3 Å². The van der Waals surface area contributed by atoms with Crippen molar-refractivity contribution in [3.05, 3.63) is 259 Å². The second kappa shape index (κ2) is 17.9. The van der Waals surface area contributed by atoms with Crippen molar-refractivity contribution >= 4 is 61.3 Å². The topological polar surface area (TPSA) is 6.48 Å². The van der Waals surface area contributed by atoms with Gasteiger partial charge in [0.1, 0.15) is 0 Å². The van der Waals surface area contributed by atoms with Gasteiger partial charge in [0.15, 0.2) is 0 Å². The SMILES string of the molecule is Cc1ccc(-c2sc(-c3ccc(N(c4ccc(Cc5ccc(N(C)c6ccc7ccccc7c6)cc5)cc4)c4ccc5ccccc5c4)cc3)c(-c3ccccc3)c2-c2ccccc2)cc1. The summed E-state index contributed by atoms with van der Waals surface area (Å²) in [6, 6.07) is 88.6. The van der Waals surface area contributed by atoms with E-state index in [2.05, 4.69) is 266 Å². The van der Waals surface area contributed by atoms with Gasteiger partial charge in [-0.2, -0.15) is 0 Å². The van der Waals surface area contributed by atoms with E-state index in [0.29, 0.717) is 0 Å². The monoisotopic (exact) mass is 864 g/mol. The van der Waals surface area contributed by atoms with Crippen LogP contribution >= 0.6 is 11.3 Å². The summed E-state index contributed by atoms with van der Waals surface area (Å²) in [6.45, 7) is 2.15. The summed E-state index contributed by atoms with van der Waals surface area (Å²) >= 11 is 1.88. The third kappa shape index (κ3) is 8.18. The van der Waals surface area contributed by atoms with Crippen molar-refractivity contribution in [2.45, 2.75) is 13.3 Å². The molecule has 0 bridgehead atoms. The van der Waals surface area contributed by atoms with Crippen molar-refractivity contribution in [1.82, 2.24) is 0 Å². The zero-order valence-electron chi connectivity index (χ0n) is 37.1. The van der Waals surface area contributed by atoms with Gasteiger partial charge in [-0.25, -0.2) is 0 Å². The molecule has 0 radical (unpaired) electrons. The van der Waals surface area contributed by atoms with E-state index in [9.17, 15) is 0 Å². The average Bonchev–Trinajstić information content (AvgIpc) is 3.78. The van der Waals surface area contributed by atoms with Crippen LogP contribution in [0.1, 0.15) is 16.7 Å². The van der Waals surface area contributed by atoms with Gasteiger partial charge in [-0.15, -0.1) is 11.3 Å². The highest BCUT2D eigenvalue weighted by atomic mass is 32.1. The predicted molar refractivity (Wildman–Crippen MR) is 284 cm³/mol. The largest absolute Gasteiger partial charge is 0.345 e. The Labute approximate surface area is 392 Å². The second-order valence-electron chi connectivity index (χ2n) is 17.1. The molecule has 316 valence electrons. The van der Waals surface area contributed by atoms with Crippen LogP contribution in [0, 0.1) is 6.92 Å². The predicted octanol–water partition coefficient (Wildman–Crippen LogP) is 17.9. The third-order valence-electron chi connectivity index (χ3n) is 12.8. The highest BCUT2D eigenvalue weighted by molar-refractivity contribution is 7.20. The molecule has 0 saturated heterocycles. The van der Waals surface area contributed by atoms with Crippen molar-refractivity contribution in [3.8, 4) is 43.1 Å². The Morgan fingerprint density at radius 3 is 1.24 bits per heavy atom. The fourth-order valence-electron chi connectivity index (χ4n) is 9.20. The Hall–Kier alpha value is -7.98. The quantitative estimate of drug-likeness (QED) is 0.128. The Morgan fingerprint density at radius 1 is 0.333 bits per heavy atom. The van der Waals surface area contributed by atoms with Crippen LogP contribution in [0.25, 0.3) is 64.7 Å². The summed E-state index contributed by atoms with van der Waals surface area (Å²) in [5.74, 6) is 0. The maximum absolute atomic E-state index is 2.39. The first-order chi connectivity index (χ1) is 32.5. The molecule has 0 spiro atoms. The molecule has 0 aliphatic heterocycles. The van der Waals surface area contributed by atoms with Gasteiger partial charge >= 0.3 is 0 Å². The van der Waals surface area contributed by atoms with Crippen molar-refractivity contribution < 1.29 is 0 Å². The van der Waals surface area contributed by atoms with Gasteiger partial charge in [-0.05, 0) is 129 Å². The van der Waals surface area contributed by atoms with Gasteiger partial charge < -0.3 is 9.80 Å². The van der Waals surface area contributed by atoms with Crippen LogP contribution < -0.4 is 9.80 Å². The van der Waals surface area contributed by atoms with E-state index in [4.69, 9.17) is 0 Å². The summed E-state index contributed by atoms with van der Waals surface area (Å²) in [5.41, 5.74) is 16.9. The molecule has 1 heterocycles. The number of benzene rings is 10. The molecule has 0 unspecified atom stereocenters. The van der Waals surface area contributed by atoms with E-state index >= 15 is 0 Å². The molecule has 0 aliphatic rings. The van der Waals surface area contributed by atoms with E-state index in [1.165, 1.54) is 92.7 Å². The Kier molecular flexibility index (Phi) is 11.0. The smallest absolute Gasteiger partial charge is 0.0468 e. The van der Waals surface area contributed by atoms with E-state index < -0.39 is 0 Å². The third-order valence-corrected chi connectivity index (χ3v) is 14.1. The van der Waals surface area contributed by atoms with Gasteiger partial charge in [0.25, 0.3) is 0 Å². The van der Waals surface area contributed by atoms with Gasteiger partial charge in [-0.1, -0.05) is 188 Å². The molecule has 0 saturated carbocycles. The van der Waals surface area contributed by atoms with Crippen LogP contribution in [0.2, 0.25) is 0 Å². The lowest BCUT2D eigenvalue weighted by Gasteiger charge is -2.26. The molecule has 0 N–H and O–H groups in total. The van der Waals surface area contributed by atoms with Gasteiger partial charge in [0, 0.05) is 56.4 Å². The molecule has 0 fully saturated rings. The molecule has 2 nitrogen and oxygen atoms in total. The number of nitrogens with zero attached hydrogens (tertiary/aromatic N) is 2. The number of rotatable bonds is 11. The maximum atomic E-state index is 2.39. The van der Waals surface area contributed by atoms with Crippen molar-refractivity contribution in [2.75, 3.05) is 16.8 Å². The molecule has 1 aromatic heterocycles. The minimum Gasteiger partial charge on any atom is -0.345 e. The lowest BCUT2D eigenvalue weighted by Crippen LogP contribution is -2.10. The molecule has 10 aromatic carbocycles. The lowest BCUT2D eigenvalue weighted by atomic mass is 9.91. The van der Waals surface area contributed by atoms with Crippen LogP contribution in [-0.4, -0.2) is 7.05 Å². The molecule has 0 atom stereocenters. The standard InChI is InChI=1S/C63H48N2S/c1-44-21-27-51(28-22-44)62-60(49-15-5-3-6-16-49)61(50-17-7-4-8-18-50)63(66-62)52-31-37-57(38-32-52)65(59-40-30-48-14-10-12-20-54(48)43-59)56-35-25-46(26-36-56)41-45-23-33-55(34-24-45)64(2)58-39-29-47-13-9-11-19-53(47)42-58/h3-40,42-43H,41H2,1-2H3. The summed E-state index contributed by atoms with van der Waals surface area (Å²) in [6.07, 6.45) is 0.852. The molecule has 0 amide bonds. The minimum atomic E-state index is 0.852. The summed E-state index contributed by atoms with van der Waals surface area (Å²) in [7, 11) is 2.14. The molecule has 66 heavy (non-hydrogen) atoms. The number of fused-ring (bicyclic) bond motifs is 2. The zero-order chi connectivity index (χ0) is 44.4. The summed E-state index contributed by atoms with van der Waals surface area (Å²) in [5, 5.41) is 4.95. The average molecular weight is 865 g/mol. The number of hydrogen-bond acceptors (Lipinski definition) is 3. The first kappa shape index (κ1) is 40.8. The van der Waals surface area contributed by atoms with E-state index in [-0.39, 0.29) is 0 Å². The minimum absolute atomic E-state index is 0.852. The Morgan fingerprint density at radius 2 is 0.727 bits per heavy atom. The highest BCUT2D eigenvalue weighted by Crippen LogP contribution is 2.52. The number of hydrogen-bond donors (Lipinski definition) is 0. The summed E-state index contributed by atoms with van der Waals surface area (Å²) < 4.78 is 0. The van der Waals surface area contributed by atoms with Crippen molar-refractivity contribution in [3.63, 3.8) is 0 Å². The summed E-state index contributed by atoms with van der Waals surface area (Å²) in [4.78, 5) is 7.18. The van der Waals surface area contributed by atoms with Crippen LogP contribution in [-0.2, 0) is 6.42 Å². The van der Waals surface area contributed by atoms with Crippen LogP contribution in [0.4, 0.5) is 28.4 Å². The fraction of sp³-hybridized carbons (Fsp3) is 0.0476. The first-order valence-electron chi connectivity index (χ1n) is 22.7. The lowest BCUT2D eigenvalue weighted by molar-refractivity contribution is 1.17. The molecule has 11 aromatic rings. The van der Waals surface area contributed by atoms with Crippen LogP contribution in [0.3, 0.4) is 0 Å². The fourth-order valence-corrected chi connectivity index (χ4v) is 10.6. The Balaban J connectivity index is 0.933. The number of anilines is 5. The second-order valence-corrected chi connectivity index (χ2v) is 18.1.